The van der Waals surface area contributed by atoms with E-state index in [1.807, 2.05) is 6.07 Å². The molecule has 0 radical (unpaired) electrons. The highest BCUT2D eigenvalue weighted by atomic mass is 16.5. The second-order valence-electron chi connectivity index (χ2n) is 6.42. The summed E-state index contributed by atoms with van der Waals surface area (Å²) in [5.74, 6) is -0.482. The van der Waals surface area contributed by atoms with Gasteiger partial charge in [-0.1, -0.05) is 24.3 Å². The first kappa shape index (κ1) is 16.0. The van der Waals surface area contributed by atoms with E-state index in [-0.39, 0.29) is 24.3 Å². The molecule has 23 heavy (non-hydrogen) atoms. The van der Waals surface area contributed by atoms with Gasteiger partial charge in [0.05, 0.1) is 19.1 Å². The number of fused-ring (bicyclic) bond motifs is 1. The maximum atomic E-state index is 12.6. The highest BCUT2D eigenvalue weighted by molar-refractivity contribution is 5.77. The second kappa shape index (κ2) is 7.13. The largest absolute Gasteiger partial charge is 0.481 e. The molecule has 0 saturated carbocycles. The van der Waals surface area contributed by atoms with Gasteiger partial charge in [-0.05, 0) is 36.3 Å². The van der Waals surface area contributed by atoms with Crippen LogP contribution in [0.4, 0.5) is 0 Å². The van der Waals surface area contributed by atoms with Gasteiger partial charge in [-0.2, -0.15) is 0 Å². The van der Waals surface area contributed by atoms with Crippen LogP contribution >= 0.6 is 0 Å². The number of hydrogen-bond donors (Lipinski definition) is 1. The van der Waals surface area contributed by atoms with Crippen LogP contribution in [0.3, 0.4) is 0 Å². The Balaban J connectivity index is 1.62. The molecule has 0 bridgehead atoms. The average Bonchev–Trinajstić information content (AvgIpc) is 2.55. The van der Waals surface area contributed by atoms with Crippen LogP contribution in [0.1, 0.15) is 42.7 Å². The number of aryl methyl sites for hydroxylation is 1. The minimum absolute atomic E-state index is 0.0456. The number of ether oxygens (including phenoxy) is 1. The summed E-state index contributed by atoms with van der Waals surface area (Å²) in [5, 5.41) is 8.88. The molecule has 2 unspecified atom stereocenters. The van der Waals surface area contributed by atoms with Crippen LogP contribution < -0.4 is 0 Å². The van der Waals surface area contributed by atoms with Crippen molar-refractivity contribution in [3.05, 3.63) is 35.4 Å². The topological polar surface area (TPSA) is 66.8 Å². The zero-order valence-corrected chi connectivity index (χ0v) is 13.2. The minimum atomic E-state index is -0.884. The van der Waals surface area contributed by atoms with Crippen molar-refractivity contribution in [2.45, 2.75) is 44.1 Å². The molecule has 5 heteroatoms. The second-order valence-corrected chi connectivity index (χ2v) is 6.42. The fraction of sp³-hybridized carbons (Fsp3) is 0.556. The molecule has 1 N–H and O–H groups in total. The van der Waals surface area contributed by atoms with Crippen molar-refractivity contribution in [3.63, 3.8) is 0 Å². The molecule has 2 atom stereocenters. The van der Waals surface area contributed by atoms with Crippen LogP contribution in [0.25, 0.3) is 0 Å². The van der Waals surface area contributed by atoms with Gasteiger partial charge in [-0.15, -0.1) is 0 Å². The highest BCUT2D eigenvalue weighted by Gasteiger charge is 2.29. The lowest BCUT2D eigenvalue weighted by Gasteiger charge is -2.34. The fourth-order valence-corrected chi connectivity index (χ4v) is 3.67. The lowest BCUT2D eigenvalue weighted by atomic mass is 9.81. The summed E-state index contributed by atoms with van der Waals surface area (Å²) in [6.07, 6.45) is 3.35. The Kier molecular flexibility index (Phi) is 4.96. The van der Waals surface area contributed by atoms with Crippen LogP contribution in [-0.4, -0.2) is 47.7 Å². The Morgan fingerprint density at radius 3 is 2.91 bits per heavy atom. The summed E-state index contributed by atoms with van der Waals surface area (Å²) in [7, 11) is 0. The molecule has 124 valence electrons. The summed E-state index contributed by atoms with van der Waals surface area (Å²) in [6, 6.07) is 8.39. The maximum Gasteiger partial charge on any atom is 0.306 e. The smallest absolute Gasteiger partial charge is 0.306 e. The van der Waals surface area contributed by atoms with Crippen molar-refractivity contribution in [2.75, 3.05) is 19.7 Å². The third-order valence-electron chi connectivity index (χ3n) is 4.81. The molecule has 0 aromatic heterocycles. The summed E-state index contributed by atoms with van der Waals surface area (Å²) in [6.45, 7) is 1.37. The van der Waals surface area contributed by atoms with Gasteiger partial charge < -0.3 is 14.7 Å². The van der Waals surface area contributed by atoms with E-state index in [0.717, 1.165) is 19.3 Å². The minimum Gasteiger partial charge on any atom is -0.481 e. The van der Waals surface area contributed by atoms with E-state index in [1.54, 1.807) is 4.90 Å². The Labute approximate surface area is 136 Å². The van der Waals surface area contributed by atoms with Gasteiger partial charge in [0.15, 0.2) is 0 Å². The average molecular weight is 317 g/mol. The van der Waals surface area contributed by atoms with E-state index in [2.05, 4.69) is 18.2 Å². The molecule has 1 aromatic rings. The molecule has 1 amide bonds. The van der Waals surface area contributed by atoms with Crippen LogP contribution in [0.5, 0.6) is 0 Å². The van der Waals surface area contributed by atoms with Gasteiger partial charge in [0.25, 0.3) is 0 Å². The Hall–Kier alpha value is -1.88. The zero-order chi connectivity index (χ0) is 16.2. The van der Waals surface area contributed by atoms with Gasteiger partial charge in [0.1, 0.15) is 0 Å². The van der Waals surface area contributed by atoms with Crippen LogP contribution in [-0.2, 0) is 20.7 Å². The number of nitrogens with zero attached hydrogens (tertiary/aromatic N) is 1. The lowest BCUT2D eigenvalue weighted by Crippen LogP contribution is -2.46. The summed E-state index contributed by atoms with van der Waals surface area (Å²) in [5.41, 5.74) is 2.67. The molecule has 1 fully saturated rings. The van der Waals surface area contributed by atoms with Gasteiger partial charge in [-0.25, -0.2) is 0 Å². The normalized spacial score (nSPS) is 24.1. The summed E-state index contributed by atoms with van der Waals surface area (Å²) in [4.78, 5) is 25.2. The van der Waals surface area contributed by atoms with Crippen LogP contribution in [0.15, 0.2) is 24.3 Å². The standard InChI is InChI=1S/C18H23NO4/c20-17(19-8-9-23-15(12-19)11-18(21)22)10-14-6-3-5-13-4-1-2-7-16(13)14/h1-2,4,7,14-15H,3,5-6,8-12H2,(H,21,22). The predicted molar refractivity (Wildman–Crippen MR) is 85.3 cm³/mol. The van der Waals surface area contributed by atoms with Gasteiger partial charge in [0, 0.05) is 19.5 Å². The van der Waals surface area contributed by atoms with Crippen molar-refractivity contribution in [1.82, 2.24) is 4.90 Å². The third kappa shape index (κ3) is 3.91. The molecule has 2 aliphatic rings. The Morgan fingerprint density at radius 2 is 2.09 bits per heavy atom. The highest BCUT2D eigenvalue weighted by Crippen LogP contribution is 2.34. The van der Waals surface area contributed by atoms with Crippen LogP contribution in [0.2, 0.25) is 0 Å². The van der Waals surface area contributed by atoms with E-state index in [0.29, 0.717) is 26.1 Å². The molecule has 1 aromatic carbocycles. The van der Waals surface area contributed by atoms with E-state index >= 15 is 0 Å². The number of hydrogen-bond acceptors (Lipinski definition) is 3. The summed E-state index contributed by atoms with van der Waals surface area (Å²) >= 11 is 0. The van der Waals surface area contributed by atoms with E-state index in [9.17, 15) is 9.59 Å². The quantitative estimate of drug-likeness (QED) is 0.924. The van der Waals surface area contributed by atoms with E-state index in [1.165, 1.54) is 11.1 Å². The van der Waals surface area contributed by atoms with Crippen molar-refractivity contribution >= 4 is 11.9 Å². The first-order chi connectivity index (χ1) is 11.1. The van der Waals surface area contributed by atoms with Gasteiger partial charge in [-0.3, -0.25) is 9.59 Å². The number of carbonyl (C=O) groups excluding carboxylic acids is 1. The van der Waals surface area contributed by atoms with Crippen molar-refractivity contribution in [1.29, 1.82) is 0 Å². The van der Waals surface area contributed by atoms with Gasteiger partial charge in [0.2, 0.25) is 5.91 Å². The molecule has 5 nitrogen and oxygen atoms in total. The third-order valence-corrected chi connectivity index (χ3v) is 4.81. The SMILES string of the molecule is O=C(O)CC1CN(C(=O)CC2CCCc3ccccc32)CCO1. The monoisotopic (exact) mass is 317 g/mol. The number of benzene rings is 1. The molecule has 1 saturated heterocycles. The maximum absolute atomic E-state index is 12.6. The number of carboxylic acid groups (broad SMARTS) is 1. The Bertz CT molecular complexity index is 586. The number of aliphatic carboxylic acids is 1. The number of carbonyl (C=O) groups is 2. The zero-order valence-electron chi connectivity index (χ0n) is 13.2. The molecular formula is C18H23NO4. The first-order valence-corrected chi connectivity index (χ1v) is 8.32. The van der Waals surface area contributed by atoms with Crippen molar-refractivity contribution in [2.24, 2.45) is 0 Å². The van der Waals surface area contributed by atoms with Crippen LogP contribution in [0, 0.1) is 0 Å². The number of amides is 1. The molecule has 3 rings (SSSR count). The molecule has 1 aliphatic carbocycles. The molecule has 1 aliphatic heterocycles. The Morgan fingerprint density at radius 1 is 1.26 bits per heavy atom. The van der Waals surface area contributed by atoms with E-state index < -0.39 is 5.97 Å². The number of carboxylic acids is 1. The molecule has 1 heterocycles. The lowest BCUT2D eigenvalue weighted by molar-refractivity contribution is -0.147. The first-order valence-electron chi connectivity index (χ1n) is 8.32. The number of rotatable bonds is 4. The summed E-state index contributed by atoms with van der Waals surface area (Å²) < 4.78 is 5.44. The van der Waals surface area contributed by atoms with Crippen molar-refractivity contribution in [3.8, 4) is 0 Å². The predicted octanol–water partition coefficient (Wildman–Crippen LogP) is 2.20. The molecular weight excluding hydrogens is 294 g/mol. The fourth-order valence-electron chi connectivity index (χ4n) is 3.67. The van der Waals surface area contributed by atoms with Gasteiger partial charge >= 0.3 is 5.97 Å². The molecule has 0 spiro atoms. The van der Waals surface area contributed by atoms with Crippen molar-refractivity contribution < 1.29 is 19.4 Å². The van der Waals surface area contributed by atoms with E-state index in [4.69, 9.17) is 9.84 Å². The number of morpholine rings is 1.